The number of benzene rings is 2. The average molecular weight is 439 g/mol. The molecule has 9 heteroatoms. The van der Waals surface area contributed by atoms with Crippen LogP contribution in [0.3, 0.4) is 0 Å². The van der Waals surface area contributed by atoms with Gasteiger partial charge in [-0.25, -0.2) is 12.8 Å². The van der Waals surface area contributed by atoms with Crippen LogP contribution in [0.1, 0.15) is 19.4 Å². The number of nitrogens with one attached hydrogen (secondary N) is 1. The predicted octanol–water partition coefficient (Wildman–Crippen LogP) is 3.57. The van der Waals surface area contributed by atoms with Crippen LogP contribution in [-0.2, 0) is 14.8 Å². The van der Waals surface area contributed by atoms with E-state index in [4.69, 9.17) is 14.2 Å². The van der Waals surface area contributed by atoms with Crippen molar-refractivity contribution < 1.29 is 27.0 Å². The van der Waals surface area contributed by atoms with Crippen LogP contribution in [0.25, 0.3) is 0 Å². The monoisotopic (exact) mass is 438 g/mol. The zero-order valence-electron chi connectivity index (χ0n) is 17.4. The molecule has 0 spiro atoms. The highest BCUT2D eigenvalue weighted by atomic mass is 32.2. The van der Waals surface area contributed by atoms with Crippen LogP contribution in [-0.4, -0.2) is 47.9 Å². The maximum Gasteiger partial charge on any atom is 0.262 e. The highest BCUT2D eigenvalue weighted by Gasteiger charge is 2.23. The Morgan fingerprint density at radius 2 is 1.73 bits per heavy atom. The molecule has 0 saturated carbocycles. The van der Waals surface area contributed by atoms with Gasteiger partial charge in [0.2, 0.25) is 0 Å². The summed E-state index contributed by atoms with van der Waals surface area (Å²) in [5, 5.41) is 0. The number of hydrogen-bond acceptors (Lipinski definition) is 6. The summed E-state index contributed by atoms with van der Waals surface area (Å²) in [5.74, 6) is 0.456. The molecule has 1 N–H and O–H groups in total. The van der Waals surface area contributed by atoms with Gasteiger partial charge in [0.25, 0.3) is 10.0 Å². The van der Waals surface area contributed by atoms with Crippen molar-refractivity contribution in [1.29, 1.82) is 0 Å². The lowest BCUT2D eigenvalue weighted by Crippen LogP contribution is -2.36. The van der Waals surface area contributed by atoms with Crippen molar-refractivity contribution in [3.8, 4) is 11.5 Å². The molecule has 7 nitrogen and oxygen atoms in total. The zero-order chi connectivity index (χ0) is 21.7. The van der Waals surface area contributed by atoms with E-state index in [-0.39, 0.29) is 10.6 Å². The molecule has 164 valence electrons. The van der Waals surface area contributed by atoms with E-state index in [1.807, 2.05) is 13.8 Å². The second-order valence-electron chi connectivity index (χ2n) is 6.80. The molecule has 0 atom stereocenters. The van der Waals surface area contributed by atoms with Crippen LogP contribution in [0.4, 0.5) is 15.8 Å². The van der Waals surface area contributed by atoms with Crippen molar-refractivity contribution in [3.63, 3.8) is 0 Å². The summed E-state index contributed by atoms with van der Waals surface area (Å²) >= 11 is 0. The van der Waals surface area contributed by atoms with Gasteiger partial charge in [0.15, 0.2) is 0 Å². The van der Waals surface area contributed by atoms with Gasteiger partial charge in [-0.3, -0.25) is 4.72 Å². The molecular formula is C21H27FN2O5S. The van der Waals surface area contributed by atoms with Gasteiger partial charge < -0.3 is 19.1 Å². The maximum absolute atomic E-state index is 13.4. The molecule has 0 amide bonds. The molecule has 1 fully saturated rings. The minimum absolute atomic E-state index is 0.00145. The number of ether oxygens (including phenoxy) is 3. The normalized spacial score (nSPS) is 14.5. The largest absolute Gasteiger partial charge is 0.492 e. The molecule has 3 rings (SSSR count). The Balaban J connectivity index is 2.03. The van der Waals surface area contributed by atoms with Crippen LogP contribution in [0.2, 0.25) is 0 Å². The molecule has 1 aliphatic heterocycles. The fourth-order valence-corrected chi connectivity index (χ4v) is 4.63. The van der Waals surface area contributed by atoms with Crippen molar-refractivity contribution >= 4 is 21.4 Å². The van der Waals surface area contributed by atoms with E-state index in [0.29, 0.717) is 56.6 Å². The molecule has 1 aliphatic rings. The Labute approximate surface area is 176 Å². The number of morpholine rings is 1. The minimum Gasteiger partial charge on any atom is -0.492 e. The standard InChI is InChI=1S/C21H27FN2O5S/c1-4-28-19-14-18(24-8-10-27-11-9-24)20(29-5-2)13-17(19)23-30(25,26)21-7-6-16(22)12-15(21)3/h6-7,12-14,23H,4-5,8-11H2,1-3H3. The summed E-state index contributed by atoms with van der Waals surface area (Å²) in [6.45, 7) is 8.64. The molecule has 0 bridgehead atoms. The Morgan fingerprint density at radius 3 is 2.37 bits per heavy atom. The van der Waals surface area contributed by atoms with Crippen LogP contribution in [0.5, 0.6) is 11.5 Å². The number of anilines is 2. The SMILES string of the molecule is CCOc1cc(N2CCOCC2)c(OCC)cc1NS(=O)(=O)c1ccc(F)cc1C. The number of nitrogens with zero attached hydrogens (tertiary/aromatic N) is 1. The predicted molar refractivity (Wildman–Crippen MR) is 114 cm³/mol. The van der Waals surface area contributed by atoms with Gasteiger partial charge in [-0.2, -0.15) is 0 Å². The first-order valence-electron chi connectivity index (χ1n) is 9.91. The van der Waals surface area contributed by atoms with Crippen molar-refractivity contribution in [3.05, 3.63) is 41.7 Å². The third kappa shape index (κ3) is 4.96. The lowest BCUT2D eigenvalue weighted by Gasteiger charge is -2.31. The highest BCUT2D eigenvalue weighted by Crippen LogP contribution is 2.40. The Bertz CT molecular complexity index is 991. The fraction of sp³-hybridized carbons (Fsp3) is 0.429. The van der Waals surface area contributed by atoms with Crippen molar-refractivity contribution in [2.75, 3.05) is 49.1 Å². The van der Waals surface area contributed by atoms with Gasteiger partial charge in [0, 0.05) is 25.2 Å². The van der Waals surface area contributed by atoms with E-state index in [0.717, 1.165) is 11.8 Å². The molecule has 1 saturated heterocycles. The van der Waals surface area contributed by atoms with E-state index in [1.54, 1.807) is 19.1 Å². The summed E-state index contributed by atoms with van der Waals surface area (Å²) in [6, 6.07) is 6.98. The number of rotatable bonds is 8. The summed E-state index contributed by atoms with van der Waals surface area (Å²) in [7, 11) is -3.96. The molecule has 30 heavy (non-hydrogen) atoms. The summed E-state index contributed by atoms with van der Waals surface area (Å²) in [4.78, 5) is 2.13. The molecule has 1 heterocycles. The summed E-state index contributed by atoms with van der Waals surface area (Å²) in [5.41, 5.74) is 1.40. The van der Waals surface area contributed by atoms with Gasteiger partial charge >= 0.3 is 0 Å². The molecule has 0 radical (unpaired) electrons. The Kier molecular flexibility index (Phi) is 7.04. The maximum atomic E-state index is 13.4. The molecule has 2 aromatic rings. The van der Waals surface area contributed by atoms with Gasteiger partial charge in [0.1, 0.15) is 17.3 Å². The quantitative estimate of drug-likeness (QED) is 0.679. The van der Waals surface area contributed by atoms with Gasteiger partial charge in [0.05, 0.1) is 42.7 Å². The molecule has 0 unspecified atom stereocenters. The number of halogens is 1. The second-order valence-corrected chi connectivity index (χ2v) is 8.45. The topological polar surface area (TPSA) is 77.1 Å². The van der Waals surface area contributed by atoms with Gasteiger partial charge in [-0.15, -0.1) is 0 Å². The molecule has 0 aromatic heterocycles. The number of sulfonamides is 1. The summed E-state index contributed by atoms with van der Waals surface area (Å²) in [6.07, 6.45) is 0. The van der Waals surface area contributed by atoms with E-state index < -0.39 is 15.8 Å². The van der Waals surface area contributed by atoms with E-state index >= 15 is 0 Å². The third-order valence-corrected chi connectivity index (χ3v) is 6.21. The number of aryl methyl sites for hydroxylation is 1. The first kappa shape index (κ1) is 22.2. The lowest BCUT2D eigenvalue weighted by atomic mass is 10.2. The number of hydrogen-bond donors (Lipinski definition) is 1. The van der Waals surface area contributed by atoms with E-state index in [9.17, 15) is 12.8 Å². The minimum atomic E-state index is -3.96. The van der Waals surface area contributed by atoms with E-state index in [1.165, 1.54) is 12.1 Å². The Morgan fingerprint density at radius 1 is 1.07 bits per heavy atom. The molecule has 0 aliphatic carbocycles. The third-order valence-electron chi connectivity index (χ3n) is 4.68. The van der Waals surface area contributed by atoms with Crippen LogP contribution in [0.15, 0.2) is 35.2 Å². The first-order valence-corrected chi connectivity index (χ1v) is 11.4. The van der Waals surface area contributed by atoms with Crippen LogP contribution >= 0.6 is 0 Å². The second kappa shape index (κ2) is 9.53. The van der Waals surface area contributed by atoms with Gasteiger partial charge in [-0.1, -0.05) is 0 Å². The fourth-order valence-electron chi connectivity index (χ4n) is 3.34. The van der Waals surface area contributed by atoms with Crippen LogP contribution < -0.4 is 19.1 Å². The summed E-state index contributed by atoms with van der Waals surface area (Å²) < 4.78 is 58.9. The average Bonchev–Trinajstić information content (AvgIpc) is 2.70. The Hall–Kier alpha value is -2.52. The van der Waals surface area contributed by atoms with E-state index in [2.05, 4.69) is 9.62 Å². The van der Waals surface area contributed by atoms with Gasteiger partial charge in [-0.05, 0) is 44.5 Å². The van der Waals surface area contributed by atoms with Crippen LogP contribution in [0, 0.1) is 12.7 Å². The van der Waals surface area contributed by atoms with Crippen molar-refractivity contribution in [2.24, 2.45) is 0 Å². The molecular weight excluding hydrogens is 411 g/mol. The zero-order valence-corrected chi connectivity index (χ0v) is 18.2. The van der Waals surface area contributed by atoms with Crippen molar-refractivity contribution in [2.45, 2.75) is 25.7 Å². The first-order chi connectivity index (χ1) is 14.4. The molecule has 2 aromatic carbocycles. The van der Waals surface area contributed by atoms with Crippen molar-refractivity contribution in [1.82, 2.24) is 0 Å². The highest BCUT2D eigenvalue weighted by molar-refractivity contribution is 7.92. The smallest absolute Gasteiger partial charge is 0.262 e. The lowest BCUT2D eigenvalue weighted by molar-refractivity contribution is 0.122.